The van der Waals surface area contributed by atoms with Gasteiger partial charge in [-0.15, -0.1) is 0 Å². The van der Waals surface area contributed by atoms with Crippen molar-refractivity contribution in [2.45, 2.75) is 13.3 Å². The van der Waals surface area contributed by atoms with Gasteiger partial charge in [0.25, 0.3) is 0 Å². The summed E-state index contributed by atoms with van der Waals surface area (Å²) < 4.78 is 5.05. The van der Waals surface area contributed by atoms with Gasteiger partial charge in [-0.05, 0) is 30.2 Å². The number of hydrogen-bond donors (Lipinski definition) is 2. The van der Waals surface area contributed by atoms with Gasteiger partial charge in [-0.3, -0.25) is 4.79 Å². The second kappa shape index (κ2) is 8.00. The highest BCUT2D eigenvalue weighted by molar-refractivity contribution is 5.91. The van der Waals surface area contributed by atoms with Gasteiger partial charge in [0.05, 0.1) is 0 Å². The molecule has 2 rings (SSSR count). The second-order valence-electron chi connectivity index (χ2n) is 5.60. The van der Waals surface area contributed by atoms with E-state index in [1.807, 2.05) is 19.1 Å². The highest BCUT2D eigenvalue weighted by atomic mass is 16.5. The summed E-state index contributed by atoms with van der Waals surface area (Å²) in [6.45, 7) is 6.72. The molecule has 1 amide bonds. The number of hydrogen-bond acceptors (Lipinski definition) is 4. The number of methoxy groups -OCH3 is 1. The lowest BCUT2D eigenvalue weighted by Gasteiger charge is -2.29. The molecule has 1 aliphatic heterocycles. The van der Waals surface area contributed by atoms with Gasteiger partial charge >= 0.3 is 0 Å². The Morgan fingerprint density at radius 1 is 1.33 bits per heavy atom. The van der Waals surface area contributed by atoms with Crippen LogP contribution < -0.4 is 15.5 Å². The molecule has 1 atom stereocenters. The summed E-state index contributed by atoms with van der Waals surface area (Å²) in [7, 11) is 1.66. The Labute approximate surface area is 126 Å². The lowest BCUT2D eigenvalue weighted by molar-refractivity contribution is -0.117. The van der Waals surface area contributed by atoms with Crippen LogP contribution in [0.2, 0.25) is 0 Å². The molecular weight excluding hydrogens is 266 g/mol. The van der Waals surface area contributed by atoms with E-state index in [1.165, 1.54) is 5.69 Å². The van der Waals surface area contributed by atoms with Crippen LogP contribution >= 0.6 is 0 Å². The van der Waals surface area contributed by atoms with Gasteiger partial charge in [0, 0.05) is 57.7 Å². The molecule has 116 valence electrons. The first-order chi connectivity index (χ1) is 10.2. The fourth-order valence-electron chi connectivity index (χ4n) is 2.55. The standard InChI is InChI=1S/C16H25N3O2/c1-13(12-21-2)11-16(20)18-14-3-5-15(6-4-14)19-9-7-17-8-10-19/h3-6,13,17H,7-12H2,1-2H3,(H,18,20). The number of anilines is 2. The lowest BCUT2D eigenvalue weighted by Crippen LogP contribution is -2.43. The first kappa shape index (κ1) is 15.8. The zero-order valence-corrected chi connectivity index (χ0v) is 12.9. The van der Waals surface area contributed by atoms with Crippen LogP contribution in [0.15, 0.2) is 24.3 Å². The minimum Gasteiger partial charge on any atom is -0.384 e. The quantitative estimate of drug-likeness (QED) is 0.838. The molecule has 1 heterocycles. The van der Waals surface area contributed by atoms with Crippen molar-refractivity contribution in [1.82, 2.24) is 5.32 Å². The molecule has 0 saturated carbocycles. The third-order valence-electron chi connectivity index (χ3n) is 3.62. The van der Waals surface area contributed by atoms with Gasteiger partial charge < -0.3 is 20.3 Å². The summed E-state index contributed by atoms with van der Waals surface area (Å²) >= 11 is 0. The number of piperazine rings is 1. The molecule has 1 aromatic carbocycles. The van der Waals surface area contributed by atoms with Gasteiger partial charge in [-0.2, -0.15) is 0 Å². The maximum absolute atomic E-state index is 11.9. The van der Waals surface area contributed by atoms with Crippen LogP contribution in [0.5, 0.6) is 0 Å². The minimum atomic E-state index is 0.0365. The molecular formula is C16H25N3O2. The van der Waals surface area contributed by atoms with Crippen LogP contribution in [0.1, 0.15) is 13.3 Å². The van der Waals surface area contributed by atoms with Crippen LogP contribution in [0.4, 0.5) is 11.4 Å². The highest BCUT2D eigenvalue weighted by Crippen LogP contribution is 2.18. The van der Waals surface area contributed by atoms with Crippen molar-refractivity contribution in [2.75, 3.05) is 50.1 Å². The van der Waals surface area contributed by atoms with E-state index in [1.54, 1.807) is 7.11 Å². The van der Waals surface area contributed by atoms with Gasteiger partial charge in [0.1, 0.15) is 0 Å². The Bertz CT molecular complexity index is 441. The van der Waals surface area contributed by atoms with E-state index in [0.717, 1.165) is 31.9 Å². The number of rotatable bonds is 6. The van der Waals surface area contributed by atoms with Crippen molar-refractivity contribution in [3.8, 4) is 0 Å². The highest BCUT2D eigenvalue weighted by Gasteiger charge is 2.11. The summed E-state index contributed by atoms with van der Waals surface area (Å²) in [5, 5.41) is 6.28. The number of carbonyl (C=O) groups excluding carboxylic acids is 1. The molecule has 1 aromatic rings. The largest absolute Gasteiger partial charge is 0.384 e. The molecule has 1 saturated heterocycles. The number of nitrogens with zero attached hydrogens (tertiary/aromatic N) is 1. The van der Waals surface area contributed by atoms with Crippen LogP contribution in [-0.2, 0) is 9.53 Å². The summed E-state index contributed by atoms with van der Waals surface area (Å²) in [6, 6.07) is 8.07. The van der Waals surface area contributed by atoms with Crippen molar-refractivity contribution < 1.29 is 9.53 Å². The zero-order valence-electron chi connectivity index (χ0n) is 12.9. The normalized spacial score (nSPS) is 16.6. The van der Waals surface area contributed by atoms with Crippen LogP contribution in [0.3, 0.4) is 0 Å². The molecule has 1 aliphatic rings. The van der Waals surface area contributed by atoms with Crippen molar-refractivity contribution >= 4 is 17.3 Å². The number of nitrogens with one attached hydrogen (secondary N) is 2. The van der Waals surface area contributed by atoms with Crippen LogP contribution in [0.25, 0.3) is 0 Å². The molecule has 0 aromatic heterocycles. The number of ether oxygens (including phenoxy) is 1. The maximum Gasteiger partial charge on any atom is 0.224 e. The monoisotopic (exact) mass is 291 g/mol. The van der Waals surface area contributed by atoms with E-state index in [0.29, 0.717) is 13.0 Å². The van der Waals surface area contributed by atoms with E-state index < -0.39 is 0 Å². The Morgan fingerprint density at radius 3 is 2.62 bits per heavy atom. The molecule has 1 fully saturated rings. The van der Waals surface area contributed by atoms with E-state index in [-0.39, 0.29) is 11.8 Å². The average molecular weight is 291 g/mol. The summed E-state index contributed by atoms with van der Waals surface area (Å²) in [4.78, 5) is 14.2. The Hall–Kier alpha value is -1.59. The van der Waals surface area contributed by atoms with E-state index in [9.17, 15) is 4.79 Å². The van der Waals surface area contributed by atoms with Crippen molar-refractivity contribution in [2.24, 2.45) is 5.92 Å². The Kier molecular flexibility index (Phi) is 6.02. The number of amides is 1. The second-order valence-corrected chi connectivity index (χ2v) is 5.60. The Morgan fingerprint density at radius 2 is 2.00 bits per heavy atom. The van der Waals surface area contributed by atoms with Crippen molar-refractivity contribution in [1.29, 1.82) is 0 Å². The molecule has 5 heteroatoms. The number of benzene rings is 1. The number of carbonyl (C=O) groups is 1. The first-order valence-electron chi connectivity index (χ1n) is 7.53. The predicted molar refractivity (Wildman–Crippen MR) is 85.8 cm³/mol. The molecule has 5 nitrogen and oxygen atoms in total. The van der Waals surface area contributed by atoms with E-state index >= 15 is 0 Å². The van der Waals surface area contributed by atoms with Crippen LogP contribution in [-0.4, -0.2) is 45.8 Å². The molecule has 0 bridgehead atoms. The summed E-state index contributed by atoms with van der Waals surface area (Å²) in [5.74, 6) is 0.268. The summed E-state index contributed by atoms with van der Waals surface area (Å²) in [5.41, 5.74) is 2.06. The SMILES string of the molecule is COCC(C)CC(=O)Nc1ccc(N2CCNCC2)cc1. The van der Waals surface area contributed by atoms with Crippen molar-refractivity contribution in [3.63, 3.8) is 0 Å². The molecule has 0 spiro atoms. The van der Waals surface area contributed by atoms with Crippen LogP contribution in [0, 0.1) is 5.92 Å². The van der Waals surface area contributed by atoms with Gasteiger partial charge in [-0.1, -0.05) is 6.92 Å². The maximum atomic E-state index is 11.9. The predicted octanol–water partition coefficient (Wildman–Crippen LogP) is 1.71. The van der Waals surface area contributed by atoms with Gasteiger partial charge in [0.2, 0.25) is 5.91 Å². The smallest absolute Gasteiger partial charge is 0.224 e. The molecule has 2 N–H and O–H groups in total. The van der Waals surface area contributed by atoms with Crippen molar-refractivity contribution in [3.05, 3.63) is 24.3 Å². The van der Waals surface area contributed by atoms with E-state index in [4.69, 9.17) is 4.74 Å². The molecule has 1 unspecified atom stereocenters. The minimum absolute atomic E-state index is 0.0365. The average Bonchev–Trinajstić information content (AvgIpc) is 2.49. The zero-order chi connectivity index (χ0) is 15.1. The molecule has 21 heavy (non-hydrogen) atoms. The molecule has 0 radical (unpaired) electrons. The Balaban J connectivity index is 1.85. The van der Waals surface area contributed by atoms with Gasteiger partial charge in [0.15, 0.2) is 0 Å². The summed E-state index contributed by atoms with van der Waals surface area (Å²) in [6.07, 6.45) is 0.480. The topological polar surface area (TPSA) is 53.6 Å². The molecule has 0 aliphatic carbocycles. The first-order valence-corrected chi connectivity index (χ1v) is 7.53. The van der Waals surface area contributed by atoms with Gasteiger partial charge in [-0.25, -0.2) is 0 Å². The fourth-order valence-corrected chi connectivity index (χ4v) is 2.55. The van der Waals surface area contributed by atoms with E-state index in [2.05, 4.69) is 27.7 Å². The third kappa shape index (κ3) is 5.02. The third-order valence-corrected chi connectivity index (χ3v) is 3.62. The lowest BCUT2D eigenvalue weighted by atomic mass is 10.1. The fraction of sp³-hybridized carbons (Fsp3) is 0.562.